The van der Waals surface area contributed by atoms with Gasteiger partial charge in [0.15, 0.2) is 5.75 Å². The van der Waals surface area contributed by atoms with Crippen LogP contribution in [0.3, 0.4) is 0 Å². The zero-order valence-corrected chi connectivity index (χ0v) is 13.6. The number of phenolic OH excluding ortho intramolecular Hbond substituents is 1. The minimum Gasteiger partial charge on any atom is -0.504 e. The van der Waals surface area contributed by atoms with Gasteiger partial charge in [-0.15, -0.1) is 11.3 Å². The Bertz CT molecular complexity index is 728. The lowest BCUT2D eigenvalue weighted by atomic mass is 10.3. The van der Waals surface area contributed by atoms with Gasteiger partial charge in [0.2, 0.25) is 0 Å². The van der Waals surface area contributed by atoms with E-state index < -0.39 is 10.0 Å². The Morgan fingerprint density at radius 3 is 2.68 bits per heavy atom. The Morgan fingerprint density at radius 1 is 1.42 bits per heavy atom. The predicted octanol–water partition coefficient (Wildman–Crippen LogP) is 3.98. The van der Waals surface area contributed by atoms with Gasteiger partial charge in [-0.1, -0.05) is 17.7 Å². The SMILES string of the molecule is Cc1sc(Br)cc1S(=O)(=O)Nc1cccc(Cl)c1O. The molecule has 1 aromatic heterocycles. The molecule has 0 saturated heterocycles. The molecule has 2 rings (SSSR count). The molecular weight excluding hydrogens is 374 g/mol. The number of hydrogen-bond acceptors (Lipinski definition) is 4. The first kappa shape index (κ1) is 14.6. The normalized spacial score (nSPS) is 11.5. The molecule has 1 heterocycles. The van der Waals surface area contributed by atoms with E-state index >= 15 is 0 Å². The van der Waals surface area contributed by atoms with E-state index in [0.29, 0.717) is 4.88 Å². The highest BCUT2D eigenvalue weighted by Gasteiger charge is 2.21. The summed E-state index contributed by atoms with van der Waals surface area (Å²) >= 11 is 10.3. The van der Waals surface area contributed by atoms with E-state index in [4.69, 9.17) is 11.6 Å². The molecule has 4 nitrogen and oxygen atoms in total. The first-order valence-corrected chi connectivity index (χ1v) is 8.54. The van der Waals surface area contributed by atoms with E-state index in [-0.39, 0.29) is 21.4 Å². The molecule has 2 N–H and O–H groups in total. The number of nitrogens with one attached hydrogen (secondary N) is 1. The molecule has 8 heteroatoms. The summed E-state index contributed by atoms with van der Waals surface area (Å²) in [5, 5.41) is 9.80. The molecule has 102 valence electrons. The highest BCUT2D eigenvalue weighted by atomic mass is 79.9. The van der Waals surface area contributed by atoms with Gasteiger partial charge in [-0.2, -0.15) is 0 Å². The molecule has 0 fully saturated rings. The van der Waals surface area contributed by atoms with Gasteiger partial charge < -0.3 is 5.11 Å². The van der Waals surface area contributed by atoms with Crippen LogP contribution in [0, 0.1) is 6.92 Å². The van der Waals surface area contributed by atoms with Crippen molar-refractivity contribution in [3.05, 3.63) is 38.0 Å². The van der Waals surface area contributed by atoms with Gasteiger partial charge in [0.25, 0.3) is 10.0 Å². The smallest absolute Gasteiger partial charge is 0.263 e. The molecule has 19 heavy (non-hydrogen) atoms. The van der Waals surface area contributed by atoms with Gasteiger partial charge in [0, 0.05) is 4.88 Å². The van der Waals surface area contributed by atoms with Crippen molar-refractivity contribution in [2.24, 2.45) is 0 Å². The minimum absolute atomic E-state index is 0.0502. The number of benzene rings is 1. The molecule has 0 saturated carbocycles. The van der Waals surface area contributed by atoms with Crippen molar-refractivity contribution in [2.45, 2.75) is 11.8 Å². The standard InChI is InChI=1S/C11H9BrClNO3S2/c1-6-9(5-10(12)18-6)19(16,17)14-8-4-2-3-7(13)11(8)15/h2-5,14-15H,1H3. The van der Waals surface area contributed by atoms with Crippen molar-refractivity contribution in [3.63, 3.8) is 0 Å². The van der Waals surface area contributed by atoms with Crippen molar-refractivity contribution < 1.29 is 13.5 Å². The zero-order valence-electron chi connectivity index (χ0n) is 9.65. The van der Waals surface area contributed by atoms with Gasteiger partial charge in [0.1, 0.15) is 4.90 Å². The molecule has 0 atom stereocenters. The lowest BCUT2D eigenvalue weighted by Crippen LogP contribution is -2.13. The monoisotopic (exact) mass is 381 g/mol. The maximum absolute atomic E-state index is 12.2. The molecule has 0 aliphatic rings. The number of para-hydroxylation sites is 1. The van der Waals surface area contributed by atoms with Crippen molar-refractivity contribution >= 4 is 54.6 Å². The Balaban J connectivity index is 2.42. The van der Waals surface area contributed by atoms with Crippen LogP contribution in [-0.4, -0.2) is 13.5 Å². The number of anilines is 1. The second-order valence-electron chi connectivity index (χ2n) is 3.71. The molecule has 0 unspecified atom stereocenters. The Labute approximate surface area is 128 Å². The fraction of sp³-hybridized carbons (Fsp3) is 0.0909. The van der Waals surface area contributed by atoms with Crippen LogP contribution in [0.4, 0.5) is 5.69 Å². The average Bonchev–Trinajstić information content (AvgIpc) is 2.65. The highest BCUT2D eigenvalue weighted by molar-refractivity contribution is 9.11. The molecule has 0 radical (unpaired) electrons. The Hall–Kier alpha value is -0.760. The lowest BCUT2D eigenvalue weighted by molar-refractivity contribution is 0.478. The van der Waals surface area contributed by atoms with Crippen molar-refractivity contribution in [2.75, 3.05) is 4.72 Å². The summed E-state index contributed by atoms with van der Waals surface area (Å²) in [5.74, 6) is -0.292. The van der Waals surface area contributed by atoms with Crippen molar-refractivity contribution in [1.82, 2.24) is 0 Å². The number of hydrogen-bond donors (Lipinski definition) is 2. The largest absolute Gasteiger partial charge is 0.504 e. The molecule has 0 aliphatic carbocycles. The van der Waals surface area contributed by atoms with Gasteiger partial charge in [-0.3, -0.25) is 4.72 Å². The quantitative estimate of drug-likeness (QED) is 0.789. The van der Waals surface area contributed by atoms with Crippen LogP contribution in [0.25, 0.3) is 0 Å². The zero-order chi connectivity index (χ0) is 14.2. The average molecular weight is 383 g/mol. The molecule has 2 aromatic rings. The minimum atomic E-state index is -3.75. The van der Waals surface area contributed by atoms with E-state index in [2.05, 4.69) is 20.7 Å². The number of sulfonamides is 1. The van der Waals surface area contributed by atoms with Gasteiger partial charge in [0.05, 0.1) is 14.5 Å². The van der Waals surface area contributed by atoms with E-state index in [1.165, 1.54) is 29.5 Å². The second-order valence-corrected chi connectivity index (χ2v) is 8.41. The summed E-state index contributed by atoms with van der Waals surface area (Å²) in [7, 11) is -3.75. The summed E-state index contributed by atoms with van der Waals surface area (Å²) in [6, 6.07) is 5.98. The molecule has 0 aliphatic heterocycles. The Morgan fingerprint density at radius 2 is 2.11 bits per heavy atom. The van der Waals surface area contributed by atoms with Crippen molar-refractivity contribution in [3.8, 4) is 5.75 Å². The molecule has 0 spiro atoms. The predicted molar refractivity (Wildman–Crippen MR) is 80.7 cm³/mol. The second kappa shape index (κ2) is 5.32. The number of thiophene rings is 1. The summed E-state index contributed by atoms with van der Waals surface area (Å²) in [6.45, 7) is 1.71. The third kappa shape index (κ3) is 3.05. The number of rotatable bonds is 3. The summed E-state index contributed by atoms with van der Waals surface area (Å²) in [4.78, 5) is 0.824. The third-order valence-corrected chi connectivity index (χ3v) is 5.84. The van der Waals surface area contributed by atoms with E-state index in [9.17, 15) is 13.5 Å². The molecule has 1 aromatic carbocycles. The maximum Gasteiger partial charge on any atom is 0.263 e. The number of aromatic hydroxyl groups is 1. The first-order chi connectivity index (χ1) is 8.81. The molecule has 0 amide bonds. The van der Waals surface area contributed by atoms with E-state index in [0.717, 1.165) is 3.79 Å². The highest BCUT2D eigenvalue weighted by Crippen LogP contribution is 2.35. The molecule has 0 bridgehead atoms. The van der Waals surface area contributed by atoms with E-state index in [1.807, 2.05) is 0 Å². The van der Waals surface area contributed by atoms with Crippen LogP contribution < -0.4 is 4.72 Å². The van der Waals surface area contributed by atoms with Gasteiger partial charge in [-0.05, 0) is 41.1 Å². The topological polar surface area (TPSA) is 66.4 Å². The number of aryl methyl sites for hydroxylation is 1. The summed E-state index contributed by atoms with van der Waals surface area (Å²) in [6.07, 6.45) is 0. The van der Waals surface area contributed by atoms with Crippen LogP contribution in [0.1, 0.15) is 4.88 Å². The first-order valence-electron chi connectivity index (χ1n) is 5.07. The lowest BCUT2D eigenvalue weighted by Gasteiger charge is -2.09. The maximum atomic E-state index is 12.2. The van der Waals surface area contributed by atoms with Crippen LogP contribution >= 0.6 is 38.9 Å². The summed E-state index contributed by atoms with van der Waals surface area (Å²) in [5.41, 5.74) is 0.0502. The van der Waals surface area contributed by atoms with E-state index in [1.54, 1.807) is 13.0 Å². The summed E-state index contributed by atoms with van der Waals surface area (Å²) < 4.78 is 27.5. The van der Waals surface area contributed by atoms with Crippen LogP contribution in [-0.2, 0) is 10.0 Å². The third-order valence-electron chi connectivity index (χ3n) is 2.36. The van der Waals surface area contributed by atoms with Crippen LogP contribution in [0.15, 0.2) is 32.9 Å². The fourth-order valence-corrected chi connectivity index (χ4v) is 5.15. The van der Waals surface area contributed by atoms with Gasteiger partial charge >= 0.3 is 0 Å². The Kier molecular flexibility index (Phi) is 4.10. The fourth-order valence-electron chi connectivity index (χ4n) is 1.49. The van der Waals surface area contributed by atoms with Crippen LogP contribution in [0.5, 0.6) is 5.75 Å². The van der Waals surface area contributed by atoms with Crippen molar-refractivity contribution in [1.29, 1.82) is 0 Å². The molecular formula is C11H9BrClNO3S2. The van der Waals surface area contributed by atoms with Gasteiger partial charge in [-0.25, -0.2) is 8.42 Å². The number of phenols is 1. The van der Waals surface area contributed by atoms with Crippen LogP contribution in [0.2, 0.25) is 5.02 Å². The number of halogens is 2.